The number of carbonyl (C=O) groups is 1. The van der Waals surface area contributed by atoms with Gasteiger partial charge in [-0.2, -0.15) is 0 Å². The van der Waals surface area contributed by atoms with Crippen LogP contribution in [0.4, 0.5) is 0 Å². The Morgan fingerprint density at radius 3 is 2.65 bits per heavy atom. The van der Waals surface area contributed by atoms with Gasteiger partial charge in [0, 0.05) is 21.6 Å². The summed E-state index contributed by atoms with van der Waals surface area (Å²) >= 11 is 3.26. The maximum Gasteiger partial charge on any atom is 0.338 e. The third kappa shape index (κ3) is 1.92. The second-order valence-electron chi connectivity index (χ2n) is 5.37. The molecule has 1 aromatic heterocycles. The Morgan fingerprint density at radius 2 is 2.05 bits per heavy atom. The van der Waals surface area contributed by atoms with Crippen LogP contribution in [-0.4, -0.2) is 15.6 Å². The first-order chi connectivity index (χ1) is 9.50. The van der Waals surface area contributed by atoms with E-state index in [0.717, 1.165) is 24.1 Å². The van der Waals surface area contributed by atoms with E-state index in [9.17, 15) is 15.0 Å². The van der Waals surface area contributed by atoms with Crippen LogP contribution in [0.2, 0.25) is 0 Å². The predicted molar refractivity (Wildman–Crippen MR) is 78.3 cm³/mol. The fraction of sp³-hybridized carbons (Fsp3) is 0.400. The van der Waals surface area contributed by atoms with Gasteiger partial charge < -0.3 is 14.8 Å². The van der Waals surface area contributed by atoms with E-state index in [2.05, 4.69) is 20.5 Å². The Hall–Kier alpha value is -1.49. The highest BCUT2D eigenvalue weighted by Crippen LogP contribution is 2.39. The number of carboxylic acid groups (broad SMARTS) is 1. The van der Waals surface area contributed by atoms with Crippen molar-refractivity contribution in [2.24, 2.45) is 0 Å². The molecule has 106 valence electrons. The molecule has 0 atom stereocenters. The van der Waals surface area contributed by atoms with Gasteiger partial charge in [-0.3, -0.25) is 0 Å². The van der Waals surface area contributed by atoms with Gasteiger partial charge in [0.05, 0.1) is 11.1 Å². The molecule has 0 spiro atoms. The monoisotopic (exact) mass is 336 g/mol. The molecule has 2 aromatic rings. The SMILES string of the molecule is Cc1c(C(=O)O)c2cc([O-])c(Br)cc2n1C1CCCC1. The number of aromatic nitrogens is 1. The lowest BCUT2D eigenvalue weighted by Gasteiger charge is -2.17. The zero-order valence-corrected chi connectivity index (χ0v) is 12.7. The van der Waals surface area contributed by atoms with Gasteiger partial charge in [0.25, 0.3) is 0 Å². The lowest BCUT2D eigenvalue weighted by atomic mass is 10.1. The van der Waals surface area contributed by atoms with Crippen molar-refractivity contribution in [1.82, 2.24) is 4.57 Å². The van der Waals surface area contributed by atoms with E-state index in [0.29, 0.717) is 15.9 Å². The van der Waals surface area contributed by atoms with Gasteiger partial charge in [-0.15, -0.1) is 0 Å². The second-order valence-corrected chi connectivity index (χ2v) is 6.23. The molecule has 0 aliphatic heterocycles. The van der Waals surface area contributed by atoms with Crippen molar-refractivity contribution in [3.8, 4) is 5.75 Å². The summed E-state index contributed by atoms with van der Waals surface area (Å²) in [5.41, 5.74) is 1.85. The summed E-state index contributed by atoms with van der Waals surface area (Å²) in [6, 6.07) is 3.53. The maximum absolute atomic E-state index is 11.8. The average Bonchev–Trinajstić information content (AvgIpc) is 2.96. The summed E-state index contributed by atoms with van der Waals surface area (Å²) in [6.45, 7) is 1.83. The maximum atomic E-state index is 11.8. The fourth-order valence-corrected chi connectivity index (χ4v) is 3.67. The highest BCUT2D eigenvalue weighted by atomic mass is 79.9. The minimum Gasteiger partial charge on any atom is -0.872 e. The smallest absolute Gasteiger partial charge is 0.338 e. The molecule has 0 unspecified atom stereocenters. The number of rotatable bonds is 2. The number of hydrogen-bond acceptors (Lipinski definition) is 2. The minimum atomic E-state index is -0.967. The van der Waals surface area contributed by atoms with Gasteiger partial charge in [0.1, 0.15) is 0 Å². The molecule has 0 bridgehead atoms. The van der Waals surface area contributed by atoms with Gasteiger partial charge >= 0.3 is 5.97 Å². The van der Waals surface area contributed by atoms with Gasteiger partial charge in [-0.1, -0.05) is 40.6 Å². The zero-order chi connectivity index (χ0) is 14.4. The molecule has 0 radical (unpaired) electrons. The highest BCUT2D eigenvalue weighted by Gasteiger charge is 2.25. The van der Waals surface area contributed by atoms with Crippen molar-refractivity contribution in [2.45, 2.75) is 38.6 Å². The normalized spacial score (nSPS) is 16.1. The number of hydrogen-bond donors (Lipinski definition) is 1. The van der Waals surface area contributed by atoms with Gasteiger partial charge in [-0.05, 0) is 25.8 Å². The molecule has 1 aliphatic rings. The molecule has 1 saturated carbocycles. The predicted octanol–water partition coefficient (Wildman–Crippen LogP) is 3.60. The first-order valence-corrected chi connectivity index (χ1v) is 7.54. The van der Waals surface area contributed by atoms with Crippen molar-refractivity contribution >= 4 is 32.8 Å². The van der Waals surface area contributed by atoms with Gasteiger partial charge in [0.15, 0.2) is 0 Å². The molecular weight excluding hydrogens is 322 g/mol. The topological polar surface area (TPSA) is 65.3 Å². The molecule has 20 heavy (non-hydrogen) atoms. The Bertz CT molecular complexity index is 699. The van der Waals surface area contributed by atoms with E-state index in [1.54, 1.807) is 6.07 Å². The molecule has 5 heteroatoms. The molecule has 1 heterocycles. The fourth-order valence-electron chi connectivity index (χ4n) is 3.34. The van der Waals surface area contributed by atoms with E-state index < -0.39 is 5.97 Å². The van der Waals surface area contributed by atoms with E-state index in [-0.39, 0.29) is 11.3 Å². The zero-order valence-electron chi connectivity index (χ0n) is 11.1. The number of aromatic carboxylic acids is 1. The second kappa shape index (κ2) is 4.81. The van der Waals surface area contributed by atoms with Crippen LogP contribution in [0.3, 0.4) is 0 Å². The molecule has 0 saturated heterocycles. The van der Waals surface area contributed by atoms with Crippen LogP contribution < -0.4 is 5.11 Å². The van der Waals surface area contributed by atoms with E-state index in [1.807, 2.05) is 6.92 Å². The molecule has 1 fully saturated rings. The minimum absolute atomic E-state index is 0.177. The van der Waals surface area contributed by atoms with Gasteiger partial charge in [0.2, 0.25) is 0 Å². The number of halogens is 1. The number of fused-ring (bicyclic) bond motifs is 1. The standard InChI is InChI=1S/C15H16BrNO3/c1-8-14(15(19)20)10-6-13(18)11(16)7-12(10)17(8)9-4-2-3-5-9/h6-7,9,18H,2-5H2,1H3,(H,19,20)/p-1. The third-order valence-corrected chi connectivity index (χ3v) is 4.83. The molecule has 1 aliphatic carbocycles. The summed E-state index contributed by atoms with van der Waals surface area (Å²) in [5, 5.41) is 21.8. The molecule has 3 rings (SSSR count). The van der Waals surface area contributed by atoms with Crippen LogP contribution >= 0.6 is 15.9 Å². The summed E-state index contributed by atoms with van der Waals surface area (Å²) < 4.78 is 2.59. The van der Waals surface area contributed by atoms with Crippen LogP contribution in [0.25, 0.3) is 10.9 Å². The lowest BCUT2D eigenvalue weighted by molar-refractivity contribution is -0.269. The van der Waals surface area contributed by atoms with E-state index >= 15 is 0 Å². The Labute approximate surface area is 125 Å². The molecule has 4 nitrogen and oxygen atoms in total. The lowest BCUT2D eigenvalue weighted by Crippen LogP contribution is -2.08. The Balaban J connectivity index is 2.35. The summed E-state index contributed by atoms with van der Waals surface area (Å²) in [6.07, 6.45) is 4.49. The van der Waals surface area contributed by atoms with E-state index in [1.165, 1.54) is 18.9 Å². The molecule has 1 aromatic carbocycles. The van der Waals surface area contributed by atoms with Crippen molar-refractivity contribution in [1.29, 1.82) is 0 Å². The summed E-state index contributed by atoms with van der Waals surface area (Å²) in [7, 11) is 0. The molecular formula is C15H15BrNO3-. The first kappa shape index (κ1) is 13.5. The number of carboxylic acids is 1. The largest absolute Gasteiger partial charge is 0.872 e. The first-order valence-electron chi connectivity index (χ1n) is 6.75. The van der Waals surface area contributed by atoms with Crippen LogP contribution in [0, 0.1) is 6.92 Å². The van der Waals surface area contributed by atoms with Crippen LogP contribution in [0.5, 0.6) is 5.75 Å². The van der Waals surface area contributed by atoms with Crippen molar-refractivity contribution < 1.29 is 15.0 Å². The van der Waals surface area contributed by atoms with Crippen LogP contribution in [0.1, 0.15) is 47.8 Å². The highest BCUT2D eigenvalue weighted by molar-refractivity contribution is 9.10. The summed E-state index contributed by atoms with van der Waals surface area (Å²) in [4.78, 5) is 11.5. The average molecular weight is 337 g/mol. The van der Waals surface area contributed by atoms with Crippen molar-refractivity contribution in [3.05, 3.63) is 27.9 Å². The molecule has 1 N–H and O–H groups in total. The van der Waals surface area contributed by atoms with Gasteiger partial charge in [-0.25, -0.2) is 4.79 Å². The quantitative estimate of drug-likeness (QED) is 0.911. The Morgan fingerprint density at radius 1 is 1.40 bits per heavy atom. The summed E-state index contributed by atoms with van der Waals surface area (Å²) in [5.74, 6) is -1.14. The van der Waals surface area contributed by atoms with Crippen molar-refractivity contribution in [2.75, 3.05) is 0 Å². The molecule has 0 amide bonds. The van der Waals surface area contributed by atoms with Crippen LogP contribution in [0.15, 0.2) is 16.6 Å². The number of nitrogens with zero attached hydrogens (tertiary/aromatic N) is 1. The third-order valence-electron chi connectivity index (χ3n) is 4.21. The Kier molecular flexibility index (Phi) is 3.24. The van der Waals surface area contributed by atoms with E-state index in [4.69, 9.17) is 0 Å². The van der Waals surface area contributed by atoms with Crippen molar-refractivity contribution in [3.63, 3.8) is 0 Å². The van der Waals surface area contributed by atoms with Crippen LogP contribution in [-0.2, 0) is 0 Å². The number of benzene rings is 1.